The molecule has 2 aliphatic heterocycles. The minimum Gasteiger partial charge on any atom is -0.507 e. The maximum absolute atomic E-state index is 13.2. The largest absolute Gasteiger partial charge is 0.507 e. The number of hydrogen-bond donors (Lipinski definition) is 1. The summed E-state index contributed by atoms with van der Waals surface area (Å²) in [6.45, 7) is 7.48. The highest BCUT2D eigenvalue weighted by atomic mass is 16.5. The topological polar surface area (TPSA) is 70.1 Å². The molecule has 6 nitrogen and oxygen atoms in total. The molecule has 180 valence electrons. The summed E-state index contributed by atoms with van der Waals surface area (Å²) in [4.78, 5) is 30.0. The van der Waals surface area contributed by atoms with E-state index in [1.165, 1.54) is 5.56 Å². The van der Waals surface area contributed by atoms with Gasteiger partial charge in [-0.3, -0.25) is 9.59 Å². The van der Waals surface area contributed by atoms with E-state index in [4.69, 9.17) is 4.74 Å². The lowest BCUT2D eigenvalue weighted by molar-refractivity contribution is -0.139. The van der Waals surface area contributed by atoms with Crippen LogP contribution < -0.4 is 4.74 Å². The lowest BCUT2D eigenvalue weighted by atomic mass is 9.92. The van der Waals surface area contributed by atoms with Crippen molar-refractivity contribution in [2.75, 3.05) is 27.2 Å². The average Bonchev–Trinajstić information content (AvgIpc) is 3.29. The standard InChI is InChI=1S/C28H34N2O4/c1-17(2)19-7-9-20(10-8-19)25-24(27(32)28(33)30(25)14-6-13-29(4)5)26(31)21-11-12-23-22(16-21)15-18(3)34-23/h7-12,16-18,25,31H,6,13-15H2,1-5H3/t18-,25-/m1/s1. The quantitative estimate of drug-likeness (QED) is 0.373. The minimum atomic E-state index is -0.634. The molecule has 1 amide bonds. The molecule has 2 aromatic carbocycles. The maximum Gasteiger partial charge on any atom is 0.295 e. The zero-order valence-electron chi connectivity index (χ0n) is 20.7. The number of ether oxygens (including phenoxy) is 1. The number of amides is 1. The Morgan fingerprint density at radius 2 is 1.85 bits per heavy atom. The maximum atomic E-state index is 13.2. The zero-order chi connectivity index (χ0) is 24.6. The summed E-state index contributed by atoms with van der Waals surface area (Å²) < 4.78 is 5.78. The molecule has 0 aliphatic carbocycles. The second kappa shape index (κ2) is 9.63. The van der Waals surface area contributed by atoms with Gasteiger partial charge in [0.1, 0.15) is 17.6 Å². The third kappa shape index (κ3) is 4.60. The Bertz CT molecular complexity index is 1120. The fourth-order valence-corrected chi connectivity index (χ4v) is 4.80. The van der Waals surface area contributed by atoms with Gasteiger partial charge in [0.15, 0.2) is 0 Å². The van der Waals surface area contributed by atoms with Gasteiger partial charge in [-0.15, -0.1) is 0 Å². The van der Waals surface area contributed by atoms with E-state index in [2.05, 4.69) is 18.7 Å². The summed E-state index contributed by atoms with van der Waals surface area (Å²) in [6, 6.07) is 12.8. The minimum absolute atomic E-state index is 0.0779. The average molecular weight is 463 g/mol. The highest BCUT2D eigenvalue weighted by Gasteiger charge is 2.45. The highest BCUT2D eigenvalue weighted by molar-refractivity contribution is 6.46. The molecule has 0 unspecified atom stereocenters. The molecular weight excluding hydrogens is 428 g/mol. The molecule has 34 heavy (non-hydrogen) atoms. The Hall–Kier alpha value is -3.12. The second-order valence-electron chi connectivity index (χ2n) is 9.93. The number of ketones is 1. The van der Waals surface area contributed by atoms with E-state index < -0.39 is 17.7 Å². The van der Waals surface area contributed by atoms with Crippen LogP contribution in [0, 0.1) is 0 Å². The van der Waals surface area contributed by atoms with Crippen LogP contribution in [0.15, 0.2) is 48.0 Å². The molecule has 0 bridgehead atoms. The van der Waals surface area contributed by atoms with Crippen molar-refractivity contribution < 1.29 is 19.4 Å². The van der Waals surface area contributed by atoms with Gasteiger partial charge in [-0.2, -0.15) is 0 Å². The van der Waals surface area contributed by atoms with Gasteiger partial charge in [0.2, 0.25) is 0 Å². The van der Waals surface area contributed by atoms with Crippen LogP contribution in [-0.4, -0.2) is 59.9 Å². The Labute approximate surface area is 201 Å². The first-order chi connectivity index (χ1) is 16.2. The van der Waals surface area contributed by atoms with E-state index in [0.29, 0.717) is 18.0 Å². The van der Waals surface area contributed by atoms with Crippen molar-refractivity contribution in [1.82, 2.24) is 9.80 Å². The van der Waals surface area contributed by atoms with Crippen LogP contribution in [0.4, 0.5) is 0 Å². The summed E-state index contributed by atoms with van der Waals surface area (Å²) in [5, 5.41) is 11.3. The van der Waals surface area contributed by atoms with E-state index in [1.54, 1.807) is 11.0 Å². The van der Waals surface area contributed by atoms with E-state index >= 15 is 0 Å². The molecule has 0 aromatic heterocycles. The summed E-state index contributed by atoms with van der Waals surface area (Å²) in [5.74, 6) is -0.152. The van der Waals surface area contributed by atoms with E-state index in [-0.39, 0.29) is 17.4 Å². The Balaban J connectivity index is 1.77. The fourth-order valence-electron chi connectivity index (χ4n) is 4.80. The van der Waals surface area contributed by atoms with Gasteiger partial charge in [-0.25, -0.2) is 0 Å². The number of Topliss-reactive ketones (excluding diaryl/α,β-unsaturated/α-hetero) is 1. The number of aliphatic hydroxyl groups is 1. The van der Waals surface area contributed by atoms with Gasteiger partial charge in [0.05, 0.1) is 11.6 Å². The fraction of sp³-hybridized carbons (Fsp3) is 0.429. The summed E-state index contributed by atoms with van der Waals surface area (Å²) in [6.07, 6.45) is 1.55. The highest BCUT2D eigenvalue weighted by Crippen LogP contribution is 2.41. The first-order valence-electron chi connectivity index (χ1n) is 12.0. The van der Waals surface area contributed by atoms with Gasteiger partial charge in [0.25, 0.3) is 11.7 Å². The van der Waals surface area contributed by atoms with E-state index in [0.717, 1.165) is 36.3 Å². The molecule has 2 atom stereocenters. The van der Waals surface area contributed by atoms with E-state index in [1.807, 2.05) is 57.4 Å². The molecule has 2 heterocycles. The third-order valence-electron chi connectivity index (χ3n) is 6.63. The lowest BCUT2D eigenvalue weighted by Crippen LogP contribution is -2.32. The molecule has 6 heteroatoms. The number of benzene rings is 2. The predicted octanol–water partition coefficient (Wildman–Crippen LogP) is 4.51. The SMILES string of the molecule is CC(C)c1ccc([C@@H]2C(=C(O)c3ccc4c(c3)C[C@@H](C)O4)C(=O)C(=O)N2CCCN(C)C)cc1. The number of nitrogens with zero attached hydrogens (tertiary/aromatic N) is 2. The number of rotatable bonds is 7. The summed E-state index contributed by atoms with van der Waals surface area (Å²) >= 11 is 0. The Morgan fingerprint density at radius 1 is 1.15 bits per heavy atom. The van der Waals surface area contributed by atoms with Crippen molar-refractivity contribution >= 4 is 17.4 Å². The van der Waals surface area contributed by atoms with Crippen LogP contribution in [0.5, 0.6) is 5.75 Å². The molecule has 0 radical (unpaired) electrons. The number of hydrogen-bond acceptors (Lipinski definition) is 5. The van der Waals surface area contributed by atoms with Crippen LogP contribution >= 0.6 is 0 Å². The monoisotopic (exact) mass is 462 g/mol. The lowest BCUT2D eigenvalue weighted by Gasteiger charge is -2.26. The van der Waals surface area contributed by atoms with Gasteiger partial charge in [-0.05, 0) is 74.8 Å². The van der Waals surface area contributed by atoms with Crippen LogP contribution in [0.3, 0.4) is 0 Å². The van der Waals surface area contributed by atoms with Gasteiger partial charge < -0.3 is 19.6 Å². The molecule has 2 aliphatic rings. The molecule has 1 N–H and O–H groups in total. The van der Waals surface area contributed by atoms with Crippen molar-refractivity contribution in [3.8, 4) is 5.75 Å². The number of fused-ring (bicyclic) bond motifs is 1. The second-order valence-corrected chi connectivity index (χ2v) is 9.93. The van der Waals surface area contributed by atoms with Crippen molar-refractivity contribution in [3.05, 3.63) is 70.3 Å². The molecule has 2 aromatic rings. The van der Waals surface area contributed by atoms with Gasteiger partial charge in [-0.1, -0.05) is 38.1 Å². The Morgan fingerprint density at radius 3 is 2.50 bits per heavy atom. The molecular formula is C28H34N2O4. The van der Waals surface area contributed by atoms with E-state index in [9.17, 15) is 14.7 Å². The number of likely N-dealkylation sites (tertiary alicyclic amines) is 1. The Kier molecular flexibility index (Phi) is 6.80. The number of carbonyl (C=O) groups is 2. The summed E-state index contributed by atoms with van der Waals surface area (Å²) in [5.41, 5.74) is 3.69. The van der Waals surface area contributed by atoms with Crippen molar-refractivity contribution in [1.29, 1.82) is 0 Å². The normalized spacial score (nSPS) is 21.4. The first-order valence-corrected chi connectivity index (χ1v) is 12.0. The van der Waals surface area contributed by atoms with Gasteiger partial charge >= 0.3 is 0 Å². The molecule has 0 spiro atoms. The summed E-state index contributed by atoms with van der Waals surface area (Å²) in [7, 11) is 3.96. The van der Waals surface area contributed by atoms with Crippen LogP contribution in [0.1, 0.15) is 61.4 Å². The van der Waals surface area contributed by atoms with Gasteiger partial charge in [0, 0.05) is 18.5 Å². The number of aliphatic hydroxyl groups excluding tert-OH is 1. The van der Waals surface area contributed by atoms with Crippen molar-refractivity contribution in [3.63, 3.8) is 0 Å². The smallest absolute Gasteiger partial charge is 0.295 e. The van der Waals surface area contributed by atoms with Crippen LogP contribution in [0.25, 0.3) is 5.76 Å². The third-order valence-corrected chi connectivity index (χ3v) is 6.63. The predicted molar refractivity (Wildman–Crippen MR) is 133 cm³/mol. The number of carbonyl (C=O) groups excluding carboxylic acids is 2. The molecule has 1 saturated heterocycles. The molecule has 1 fully saturated rings. The van der Waals surface area contributed by atoms with Crippen LogP contribution in [0.2, 0.25) is 0 Å². The van der Waals surface area contributed by atoms with Crippen molar-refractivity contribution in [2.45, 2.75) is 51.7 Å². The van der Waals surface area contributed by atoms with Crippen molar-refractivity contribution in [2.24, 2.45) is 0 Å². The van der Waals surface area contributed by atoms with Crippen LogP contribution in [-0.2, 0) is 16.0 Å². The zero-order valence-corrected chi connectivity index (χ0v) is 20.7. The first kappa shape index (κ1) is 24.0. The molecule has 4 rings (SSSR count). The molecule has 0 saturated carbocycles.